The van der Waals surface area contributed by atoms with E-state index in [2.05, 4.69) is 4.98 Å². The van der Waals surface area contributed by atoms with Gasteiger partial charge >= 0.3 is 0 Å². The zero-order valence-electron chi connectivity index (χ0n) is 7.38. The number of pyridine rings is 1. The van der Waals surface area contributed by atoms with Crippen LogP contribution in [0.3, 0.4) is 0 Å². The second-order valence-electron chi connectivity index (χ2n) is 2.31. The van der Waals surface area contributed by atoms with Gasteiger partial charge in [-0.25, -0.2) is 0 Å². The van der Waals surface area contributed by atoms with E-state index in [0.717, 1.165) is 0 Å². The highest BCUT2D eigenvalue weighted by molar-refractivity contribution is 8.02. The molecule has 0 bridgehead atoms. The molecule has 1 aromatic heterocycles. The van der Waals surface area contributed by atoms with Crippen LogP contribution in [0.2, 0.25) is 0 Å². The Bertz CT molecular complexity index is 409. The summed E-state index contributed by atoms with van der Waals surface area (Å²) in [6.45, 7) is 0. The first-order valence-electron chi connectivity index (χ1n) is 3.46. The van der Waals surface area contributed by atoms with Crippen molar-refractivity contribution in [1.29, 1.82) is 0 Å². The first-order chi connectivity index (χ1) is 6.71. The van der Waals surface area contributed by atoms with Gasteiger partial charge < -0.3 is 0 Å². The van der Waals surface area contributed by atoms with Crippen molar-refractivity contribution in [3.05, 3.63) is 30.6 Å². The molecule has 0 atom stereocenters. The minimum Gasteiger partial charge on any atom is -0.285 e. The van der Waals surface area contributed by atoms with Crippen molar-refractivity contribution in [3.63, 3.8) is 0 Å². The predicted octanol–water partition coefficient (Wildman–Crippen LogP) is -0.199. The van der Waals surface area contributed by atoms with Crippen LogP contribution >= 0.6 is 0 Å². The molecule has 1 aromatic rings. The Hall–Kier alpha value is -1.03. The maximum absolute atomic E-state index is 9.66. The van der Waals surface area contributed by atoms with Gasteiger partial charge in [-0.3, -0.25) is 14.1 Å². The van der Waals surface area contributed by atoms with Gasteiger partial charge in [-0.2, -0.15) is 16.8 Å². The Balaban J connectivity index is 0.000000280. The second kappa shape index (κ2) is 5.75. The zero-order chi connectivity index (χ0) is 11.9. The summed E-state index contributed by atoms with van der Waals surface area (Å²) >= 11 is 0. The second-order valence-corrected chi connectivity index (χ2v) is 5.58. The van der Waals surface area contributed by atoms with Crippen LogP contribution in [0, 0.1) is 0 Å². The average Bonchev–Trinajstić information content (AvgIpc) is 2.01. The monoisotopic (exact) mass is 255 g/mol. The quantitative estimate of drug-likeness (QED) is 0.702. The van der Waals surface area contributed by atoms with Crippen LogP contribution in [0.25, 0.3) is 0 Å². The predicted molar refractivity (Wildman–Crippen MR) is 52.2 cm³/mol. The number of hydrogen-bond donors (Lipinski definition) is 2. The zero-order valence-corrected chi connectivity index (χ0v) is 9.02. The molecule has 0 saturated heterocycles. The molecule has 1 heterocycles. The van der Waals surface area contributed by atoms with E-state index in [1.165, 1.54) is 0 Å². The Morgan fingerprint density at radius 3 is 1.33 bits per heavy atom. The van der Waals surface area contributed by atoms with Gasteiger partial charge in [0, 0.05) is 12.4 Å². The molecule has 9 heteroatoms. The molecule has 15 heavy (non-hydrogen) atoms. The summed E-state index contributed by atoms with van der Waals surface area (Å²) in [5.74, 6) is 0. The Labute approximate surface area is 87.3 Å². The van der Waals surface area contributed by atoms with Crippen molar-refractivity contribution in [2.45, 2.75) is 0 Å². The number of aromatic nitrogens is 1. The minimum atomic E-state index is -4.62. The van der Waals surface area contributed by atoms with Gasteiger partial charge in [-0.15, -0.1) is 0 Å². The van der Waals surface area contributed by atoms with E-state index < -0.39 is 25.3 Å². The highest BCUT2D eigenvalue weighted by Crippen LogP contribution is 1.88. The van der Waals surface area contributed by atoms with Crippen LogP contribution in [-0.2, 0) is 20.2 Å². The Kier molecular flexibility index (Phi) is 5.36. The molecule has 0 aliphatic rings. The molecular formula is C6H9NO6S2. The molecule has 7 nitrogen and oxygen atoms in total. The highest BCUT2D eigenvalue weighted by atomic mass is 32.3. The number of hydrogen-bond acceptors (Lipinski definition) is 5. The van der Waals surface area contributed by atoms with E-state index in [0.29, 0.717) is 0 Å². The maximum Gasteiger partial charge on any atom is 0.281 e. The normalized spacial score (nSPS) is 11.3. The van der Waals surface area contributed by atoms with Gasteiger partial charge in [0.05, 0.1) is 0 Å². The fraction of sp³-hybridized carbons (Fsp3) is 0.167. The lowest BCUT2D eigenvalue weighted by Crippen LogP contribution is -2.13. The summed E-state index contributed by atoms with van der Waals surface area (Å²) in [4.78, 5) is 3.78. The van der Waals surface area contributed by atoms with Gasteiger partial charge in [0.15, 0.2) is 0 Å². The van der Waals surface area contributed by atoms with Crippen molar-refractivity contribution in [2.24, 2.45) is 0 Å². The first-order valence-corrected chi connectivity index (χ1v) is 6.68. The molecule has 0 aromatic carbocycles. The van der Waals surface area contributed by atoms with Crippen molar-refractivity contribution in [2.75, 3.05) is 5.08 Å². The van der Waals surface area contributed by atoms with Gasteiger partial charge in [-0.1, -0.05) is 6.07 Å². The minimum absolute atomic E-state index is 1.65. The van der Waals surface area contributed by atoms with E-state index in [1.54, 1.807) is 12.4 Å². The molecular weight excluding hydrogens is 246 g/mol. The SMILES string of the molecule is O=S(=O)(O)CS(=O)(=O)O.c1ccncc1. The third kappa shape index (κ3) is 13.0. The summed E-state index contributed by atoms with van der Waals surface area (Å²) in [5.41, 5.74) is 0. The van der Waals surface area contributed by atoms with Gasteiger partial charge in [0.1, 0.15) is 0 Å². The highest BCUT2D eigenvalue weighted by Gasteiger charge is 2.15. The summed E-state index contributed by atoms with van der Waals surface area (Å²) < 4.78 is 54.2. The molecule has 0 spiro atoms. The topological polar surface area (TPSA) is 122 Å². The lowest BCUT2D eigenvalue weighted by molar-refractivity contribution is 0.471. The Morgan fingerprint density at radius 1 is 0.867 bits per heavy atom. The summed E-state index contributed by atoms with van der Waals surface area (Å²) in [5, 5.41) is -1.65. The van der Waals surface area contributed by atoms with Crippen LogP contribution in [0.15, 0.2) is 30.6 Å². The van der Waals surface area contributed by atoms with Crippen molar-refractivity contribution in [1.82, 2.24) is 4.98 Å². The maximum atomic E-state index is 9.66. The van der Waals surface area contributed by atoms with Crippen LogP contribution in [0.5, 0.6) is 0 Å². The molecule has 0 aliphatic carbocycles. The molecule has 86 valence electrons. The van der Waals surface area contributed by atoms with E-state index in [9.17, 15) is 16.8 Å². The third-order valence-electron chi connectivity index (χ3n) is 0.864. The molecule has 0 unspecified atom stereocenters. The van der Waals surface area contributed by atoms with Gasteiger partial charge in [0.2, 0.25) is 5.08 Å². The average molecular weight is 255 g/mol. The summed E-state index contributed by atoms with van der Waals surface area (Å²) in [6.07, 6.45) is 3.50. The first kappa shape index (κ1) is 14.0. The molecule has 2 N–H and O–H groups in total. The molecule has 0 aliphatic heterocycles. The Morgan fingerprint density at radius 2 is 1.27 bits per heavy atom. The van der Waals surface area contributed by atoms with E-state index >= 15 is 0 Å². The van der Waals surface area contributed by atoms with Crippen LogP contribution in [-0.4, -0.2) is 36.0 Å². The fourth-order valence-corrected chi connectivity index (χ4v) is 2.01. The smallest absolute Gasteiger partial charge is 0.281 e. The summed E-state index contributed by atoms with van der Waals surface area (Å²) in [7, 11) is -9.24. The lowest BCUT2D eigenvalue weighted by Gasteiger charge is -1.89. The van der Waals surface area contributed by atoms with Crippen LogP contribution in [0.1, 0.15) is 0 Å². The summed E-state index contributed by atoms with van der Waals surface area (Å²) in [6, 6.07) is 5.72. The standard InChI is InChI=1S/C5H5N.CH4O6S2/c1-2-4-6-5-3-1;2-8(3,4)1-9(5,6)7/h1-5H;1H2,(H,2,3,4)(H,5,6,7). The van der Waals surface area contributed by atoms with Gasteiger partial charge in [0.25, 0.3) is 20.2 Å². The number of nitrogens with zero attached hydrogens (tertiary/aromatic N) is 1. The number of rotatable bonds is 2. The van der Waals surface area contributed by atoms with Crippen LogP contribution in [0.4, 0.5) is 0 Å². The van der Waals surface area contributed by atoms with Crippen molar-refractivity contribution < 1.29 is 25.9 Å². The largest absolute Gasteiger partial charge is 0.285 e. The van der Waals surface area contributed by atoms with Crippen LogP contribution < -0.4 is 0 Å². The third-order valence-corrected chi connectivity index (χ3v) is 3.25. The molecule has 0 radical (unpaired) electrons. The molecule has 0 fully saturated rings. The molecule has 0 amide bonds. The molecule has 1 rings (SSSR count). The fourth-order valence-electron chi connectivity index (χ4n) is 0.501. The van der Waals surface area contributed by atoms with Crippen molar-refractivity contribution >= 4 is 20.2 Å². The van der Waals surface area contributed by atoms with E-state index in [1.807, 2.05) is 18.2 Å². The van der Waals surface area contributed by atoms with E-state index in [4.69, 9.17) is 9.11 Å². The van der Waals surface area contributed by atoms with Crippen molar-refractivity contribution in [3.8, 4) is 0 Å². The molecule has 0 saturated carbocycles. The lowest BCUT2D eigenvalue weighted by atomic mass is 10.5. The van der Waals surface area contributed by atoms with E-state index in [-0.39, 0.29) is 0 Å². The van der Waals surface area contributed by atoms with Gasteiger partial charge in [-0.05, 0) is 12.1 Å².